The fourth-order valence-corrected chi connectivity index (χ4v) is 1.70. The van der Waals surface area contributed by atoms with Crippen LogP contribution in [0.15, 0.2) is 42.6 Å². The summed E-state index contributed by atoms with van der Waals surface area (Å²) in [6.07, 6.45) is 5.48. The molecule has 0 aliphatic heterocycles. The van der Waals surface area contributed by atoms with E-state index in [2.05, 4.69) is 10.3 Å². The Bertz CT molecular complexity index is 542. The second-order valence-electron chi connectivity index (χ2n) is 3.66. The van der Waals surface area contributed by atoms with Gasteiger partial charge in [-0.05, 0) is 12.1 Å². The zero-order chi connectivity index (χ0) is 12.1. The van der Waals surface area contributed by atoms with Gasteiger partial charge in [0.05, 0.1) is 11.1 Å². The second-order valence-corrected chi connectivity index (χ2v) is 3.66. The topological polar surface area (TPSA) is 70.9 Å². The molecular formula is C13H15N3O. The van der Waals surface area contributed by atoms with Gasteiger partial charge in [0.2, 0.25) is 0 Å². The van der Waals surface area contributed by atoms with Gasteiger partial charge < -0.3 is 16.0 Å². The first-order valence-corrected chi connectivity index (χ1v) is 5.52. The minimum absolute atomic E-state index is 0.0836. The minimum atomic E-state index is -0.0836. The molecule has 0 saturated carbocycles. The summed E-state index contributed by atoms with van der Waals surface area (Å²) in [6, 6.07) is 7.60. The average molecular weight is 229 g/mol. The lowest BCUT2D eigenvalue weighted by atomic mass is 10.1. The van der Waals surface area contributed by atoms with E-state index in [0.29, 0.717) is 18.7 Å². The van der Waals surface area contributed by atoms with Crippen LogP contribution in [0.1, 0.15) is 10.4 Å². The molecule has 4 heteroatoms. The molecule has 17 heavy (non-hydrogen) atoms. The van der Waals surface area contributed by atoms with Gasteiger partial charge in [0, 0.05) is 24.7 Å². The molecule has 4 N–H and O–H groups in total. The van der Waals surface area contributed by atoms with Crippen molar-refractivity contribution in [3.05, 3.63) is 48.2 Å². The maximum absolute atomic E-state index is 11.9. The summed E-state index contributed by atoms with van der Waals surface area (Å²) >= 11 is 0. The summed E-state index contributed by atoms with van der Waals surface area (Å²) in [5.74, 6) is -0.0836. The lowest BCUT2D eigenvalue weighted by Crippen LogP contribution is -2.23. The van der Waals surface area contributed by atoms with Crippen LogP contribution < -0.4 is 11.1 Å². The van der Waals surface area contributed by atoms with Crippen LogP contribution in [0.3, 0.4) is 0 Å². The van der Waals surface area contributed by atoms with Crippen molar-refractivity contribution >= 4 is 16.8 Å². The van der Waals surface area contributed by atoms with E-state index in [1.165, 1.54) is 0 Å². The molecule has 1 heterocycles. The van der Waals surface area contributed by atoms with Crippen LogP contribution in [0, 0.1) is 0 Å². The van der Waals surface area contributed by atoms with Crippen molar-refractivity contribution in [1.29, 1.82) is 0 Å². The Labute approximate surface area is 99.5 Å². The Morgan fingerprint density at radius 3 is 3.06 bits per heavy atom. The highest BCUT2D eigenvalue weighted by atomic mass is 16.1. The predicted molar refractivity (Wildman–Crippen MR) is 68.8 cm³/mol. The highest BCUT2D eigenvalue weighted by Gasteiger charge is 2.08. The fraction of sp³-hybridized carbons (Fsp3) is 0.154. The molecule has 0 aliphatic rings. The number of H-pyrrole nitrogens is 1. The molecule has 1 aromatic carbocycles. The van der Waals surface area contributed by atoms with Crippen LogP contribution in [0.5, 0.6) is 0 Å². The smallest absolute Gasteiger partial charge is 0.253 e. The number of carbonyl (C=O) groups is 1. The number of para-hydroxylation sites is 1. The van der Waals surface area contributed by atoms with Crippen molar-refractivity contribution in [2.45, 2.75) is 0 Å². The number of aromatic nitrogens is 1. The number of benzene rings is 1. The number of fused-ring (bicyclic) bond motifs is 1. The molecule has 1 amide bonds. The first-order chi connectivity index (χ1) is 8.33. The van der Waals surface area contributed by atoms with Crippen molar-refractivity contribution in [2.75, 3.05) is 13.1 Å². The number of rotatable bonds is 4. The van der Waals surface area contributed by atoms with Gasteiger partial charge in [-0.1, -0.05) is 24.3 Å². The summed E-state index contributed by atoms with van der Waals surface area (Å²) < 4.78 is 0. The zero-order valence-corrected chi connectivity index (χ0v) is 9.44. The molecule has 0 radical (unpaired) electrons. The van der Waals surface area contributed by atoms with Crippen LogP contribution in [0.4, 0.5) is 0 Å². The molecule has 0 unspecified atom stereocenters. The molecule has 0 aliphatic carbocycles. The number of nitrogens with one attached hydrogen (secondary N) is 2. The van der Waals surface area contributed by atoms with Crippen molar-refractivity contribution in [1.82, 2.24) is 10.3 Å². The van der Waals surface area contributed by atoms with E-state index in [-0.39, 0.29) is 5.91 Å². The van der Waals surface area contributed by atoms with Crippen molar-refractivity contribution < 1.29 is 4.79 Å². The first-order valence-electron chi connectivity index (χ1n) is 5.52. The molecule has 2 rings (SSSR count). The lowest BCUT2D eigenvalue weighted by molar-refractivity contribution is 0.0959. The predicted octanol–water partition coefficient (Wildman–Crippen LogP) is 1.41. The Morgan fingerprint density at radius 2 is 2.24 bits per heavy atom. The van der Waals surface area contributed by atoms with Gasteiger partial charge in [-0.2, -0.15) is 0 Å². The van der Waals surface area contributed by atoms with Gasteiger partial charge in [-0.15, -0.1) is 0 Å². The molecule has 1 aromatic heterocycles. The molecule has 4 nitrogen and oxygen atoms in total. The highest BCUT2D eigenvalue weighted by molar-refractivity contribution is 6.05. The van der Waals surface area contributed by atoms with E-state index in [9.17, 15) is 4.79 Å². The summed E-state index contributed by atoms with van der Waals surface area (Å²) in [7, 11) is 0. The Morgan fingerprint density at radius 1 is 1.35 bits per heavy atom. The number of nitrogens with two attached hydrogens (primary N) is 1. The summed E-state index contributed by atoms with van der Waals surface area (Å²) in [6.45, 7) is 0.981. The molecule has 0 fully saturated rings. The third kappa shape index (κ3) is 2.54. The van der Waals surface area contributed by atoms with E-state index in [0.717, 1.165) is 10.9 Å². The number of carbonyl (C=O) groups excluding carboxylic acids is 1. The maximum atomic E-state index is 11.9. The number of hydrogen-bond acceptors (Lipinski definition) is 2. The van der Waals surface area contributed by atoms with Crippen LogP contribution in [0.25, 0.3) is 10.9 Å². The van der Waals surface area contributed by atoms with Gasteiger partial charge >= 0.3 is 0 Å². The van der Waals surface area contributed by atoms with E-state index in [1.54, 1.807) is 6.07 Å². The standard InChI is InChI=1S/C13H15N3O/c14-7-1-2-8-16-13(17)11-5-3-4-10-6-9-15-12(10)11/h1-6,9,15H,7-8,14H2,(H,16,17)/b2-1+. The van der Waals surface area contributed by atoms with Crippen LogP contribution in [0.2, 0.25) is 0 Å². The third-order valence-electron chi connectivity index (χ3n) is 2.52. The molecule has 0 bridgehead atoms. The highest BCUT2D eigenvalue weighted by Crippen LogP contribution is 2.16. The lowest BCUT2D eigenvalue weighted by Gasteiger charge is -2.03. The van der Waals surface area contributed by atoms with Crippen LogP contribution in [-0.4, -0.2) is 24.0 Å². The normalized spacial score (nSPS) is 11.1. The minimum Gasteiger partial charge on any atom is -0.361 e. The van der Waals surface area contributed by atoms with Gasteiger partial charge in [0.15, 0.2) is 0 Å². The summed E-state index contributed by atoms with van der Waals surface area (Å²) in [5.41, 5.74) is 6.84. The van der Waals surface area contributed by atoms with Crippen molar-refractivity contribution in [2.24, 2.45) is 5.73 Å². The van der Waals surface area contributed by atoms with Gasteiger partial charge in [-0.25, -0.2) is 0 Å². The van der Waals surface area contributed by atoms with E-state index >= 15 is 0 Å². The Hall–Kier alpha value is -2.07. The average Bonchev–Trinajstić information content (AvgIpc) is 2.82. The monoisotopic (exact) mass is 229 g/mol. The molecule has 0 saturated heterocycles. The quantitative estimate of drug-likeness (QED) is 0.694. The fourth-order valence-electron chi connectivity index (χ4n) is 1.70. The van der Waals surface area contributed by atoms with E-state index in [4.69, 9.17) is 5.73 Å². The zero-order valence-electron chi connectivity index (χ0n) is 9.44. The summed E-state index contributed by atoms with van der Waals surface area (Å²) in [5, 5.41) is 3.85. The number of amides is 1. The van der Waals surface area contributed by atoms with Crippen molar-refractivity contribution in [3.8, 4) is 0 Å². The van der Waals surface area contributed by atoms with Crippen LogP contribution in [-0.2, 0) is 0 Å². The second kappa shape index (κ2) is 5.32. The van der Waals surface area contributed by atoms with E-state index in [1.807, 2.05) is 36.5 Å². The maximum Gasteiger partial charge on any atom is 0.253 e. The number of aromatic amines is 1. The number of hydrogen-bond donors (Lipinski definition) is 3. The summed E-state index contributed by atoms with van der Waals surface area (Å²) in [4.78, 5) is 15.0. The third-order valence-corrected chi connectivity index (χ3v) is 2.52. The molecule has 2 aromatic rings. The van der Waals surface area contributed by atoms with Gasteiger partial charge in [-0.3, -0.25) is 4.79 Å². The SMILES string of the molecule is NC/C=C/CNC(=O)c1cccc2cc[nH]c12. The Kier molecular flexibility index (Phi) is 3.57. The van der Waals surface area contributed by atoms with Crippen LogP contribution >= 0.6 is 0 Å². The molecule has 0 atom stereocenters. The van der Waals surface area contributed by atoms with Crippen molar-refractivity contribution in [3.63, 3.8) is 0 Å². The van der Waals surface area contributed by atoms with E-state index < -0.39 is 0 Å². The van der Waals surface area contributed by atoms with Gasteiger partial charge in [0.1, 0.15) is 0 Å². The largest absolute Gasteiger partial charge is 0.361 e. The molecule has 0 spiro atoms. The van der Waals surface area contributed by atoms with Gasteiger partial charge in [0.25, 0.3) is 5.91 Å². The first kappa shape index (κ1) is 11.4. The molecule has 88 valence electrons. The Balaban J connectivity index is 2.13. The molecular weight excluding hydrogens is 214 g/mol.